The minimum atomic E-state index is -0.364. The minimum Gasteiger partial charge on any atom is -0.426 e. The Morgan fingerprint density at radius 3 is 2.64 bits per heavy atom. The SMILES string of the molecule is CCCc1cc2c3c(c(=O)oc2cc1OC(C)=O)CCCC3. The van der Waals surface area contributed by atoms with Crippen LogP contribution in [0.5, 0.6) is 5.75 Å². The first kappa shape index (κ1) is 14.8. The number of hydrogen-bond acceptors (Lipinski definition) is 4. The fourth-order valence-corrected chi connectivity index (χ4v) is 3.23. The normalized spacial score (nSPS) is 13.9. The summed E-state index contributed by atoms with van der Waals surface area (Å²) in [5, 5.41) is 0.994. The number of hydrogen-bond donors (Lipinski definition) is 0. The zero-order valence-corrected chi connectivity index (χ0v) is 13.0. The van der Waals surface area contributed by atoms with Gasteiger partial charge in [-0.1, -0.05) is 13.3 Å². The maximum absolute atomic E-state index is 12.1. The summed E-state index contributed by atoms with van der Waals surface area (Å²) in [6, 6.07) is 3.72. The number of ether oxygens (including phenoxy) is 1. The Balaban J connectivity index is 2.25. The highest BCUT2D eigenvalue weighted by Crippen LogP contribution is 2.32. The molecule has 0 aliphatic heterocycles. The first-order valence-electron chi connectivity index (χ1n) is 7.90. The van der Waals surface area contributed by atoms with Gasteiger partial charge in [-0.25, -0.2) is 4.79 Å². The number of carbonyl (C=O) groups excluding carboxylic acids is 1. The third-order valence-corrected chi connectivity index (χ3v) is 4.18. The Morgan fingerprint density at radius 1 is 1.23 bits per heavy atom. The maximum Gasteiger partial charge on any atom is 0.339 e. The summed E-state index contributed by atoms with van der Waals surface area (Å²) in [5.74, 6) is 0.137. The molecule has 0 unspecified atom stereocenters. The van der Waals surface area contributed by atoms with Crippen molar-refractivity contribution in [2.45, 2.75) is 52.4 Å². The summed E-state index contributed by atoms with van der Waals surface area (Å²) < 4.78 is 10.8. The monoisotopic (exact) mass is 300 g/mol. The molecular weight excluding hydrogens is 280 g/mol. The first-order chi connectivity index (χ1) is 10.6. The lowest BCUT2D eigenvalue weighted by atomic mass is 9.90. The number of fused-ring (bicyclic) bond motifs is 3. The van der Waals surface area contributed by atoms with E-state index >= 15 is 0 Å². The van der Waals surface area contributed by atoms with Gasteiger partial charge in [0, 0.05) is 23.9 Å². The van der Waals surface area contributed by atoms with E-state index in [1.54, 1.807) is 6.07 Å². The molecule has 1 aromatic carbocycles. The van der Waals surface area contributed by atoms with Crippen LogP contribution in [0.3, 0.4) is 0 Å². The molecule has 0 N–H and O–H groups in total. The highest BCUT2D eigenvalue weighted by molar-refractivity contribution is 5.85. The van der Waals surface area contributed by atoms with Crippen molar-refractivity contribution in [3.05, 3.63) is 39.2 Å². The summed E-state index contributed by atoms with van der Waals surface area (Å²) in [5.41, 5.74) is 3.19. The van der Waals surface area contributed by atoms with E-state index in [0.717, 1.165) is 60.6 Å². The van der Waals surface area contributed by atoms with Crippen molar-refractivity contribution in [3.63, 3.8) is 0 Å². The molecule has 0 amide bonds. The van der Waals surface area contributed by atoms with Crippen LogP contribution in [0.1, 0.15) is 49.8 Å². The van der Waals surface area contributed by atoms with Crippen molar-refractivity contribution in [1.29, 1.82) is 0 Å². The highest BCUT2D eigenvalue weighted by atomic mass is 16.5. The van der Waals surface area contributed by atoms with E-state index in [9.17, 15) is 9.59 Å². The van der Waals surface area contributed by atoms with Crippen molar-refractivity contribution >= 4 is 16.9 Å². The van der Waals surface area contributed by atoms with E-state index in [4.69, 9.17) is 9.15 Å². The van der Waals surface area contributed by atoms with Crippen LogP contribution < -0.4 is 10.4 Å². The van der Waals surface area contributed by atoms with Crippen molar-refractivity contribution in [2.24, 2.45) is 0 Å². The van der Waals surface area contributed by atoms with Gasteiger partial charge < -0.3 is 9.15 Å². The smallest absolute Gasteiger partial charge is 0.339 e. The predicted molar refractivity (Wildman–Crippen MR) is 84.4 cm³/mol. The average molecular weight is 300 g/mol. The molecule has 0 atom stereocenters. The fourth-order valence-electron chi connectivity index (χ4n) is 3.23. The van der Waals surface area contributed by atoms with Gasteiger partial charge in [-0.15, -0.1) is 0 Å². The molecule has 2 aromatic rings. The standard InChI is InChI=1S/C18H20O4/c1-3-6-12-9-15-13-7-4-5-8-14(13)18(20)22-17(15)10-16(12)21-11(2)19/h9-10H,3-8H2,1-2H3. The third kappa shape index (κ3) is 2.65. The van der Waals surface area contributed by atoms with Crippen molar-refractivity contribution in [2.75, 3.05) is 0 Å². The molecule has 22 heavy (non-hydrogen) atoms. The van der Waals surface area contributed by atoms with Gasteiger partial charge in [-0.3, -0.25) is 4.79 Å². The van der Waals surface area contributed by atoms with E-state index in [1.165, 1.54) is 6.92 Å². The van der Waals surface area contributed by atoms with Crippen LogP contribution in [0, 0.1) is 0 Å². The predicted octanol–water partition coefficient (Wildman–Crippen LogP) is 3.55. The molecule has 0 bridgehead atoms. The molecule has 1 aromatic heterocycles. The van der Waals surface area contributed by atoms with Crippen molar-refractivity contribution in [3.8, 4) is 5.75 Å². The third-order valence-electron chi connectivity index (χ3n) is 4.18. The lowest BCUT2D eigenvalue weighted by Gasteiger charge is -2.17. The zero-order valence-electron chi connectivity index (χ0n) is 13.0. The van der Waals surface area contributed by atoms with Crippen LogP contribution in [0.25, 0.3) is 11.0 Å². The second kappa shape index (κ2) is 5.95. The Labute approximate surface area is 129 Å². The van der Waals surface area contributed by atoms with Gasteiger partial charge in [-0.2, -0.15) is 0 Å². The molecule has 3 rings (SSSR count). The van der Waals surface area contributed by atoms with Gasteiger partial charge in [0.2, 0.25) is 0 Å². The number of benzene rings is 1. The minimum absolute atomic E-state index is 0.251. The Bertz CT molecular complexity index is 786. The van der Waals surface area contributed by atoms with Crippen molar-refractivity contribution < 1.29 is 13.9 Å². The molecule has 4 heteroatoms. The molecule has 1 heterocycles. The van der Waals surface area contributed by atoms with E-state index in [1.807, 2.05) is 6.07 Å². The number of carbonyl (C=O) groups is 1. The Morgan fingerprint density at radius 2 is 1.95 bits per heavy atom. The Hall–Kier alpha value is -2.10. The van der Waals surface area contributed by atoms with Crippen LogP contribution in [0.15, 0.2) is 21.3 Å². The van der Waals surface area contributed by atoms with Gasteiger partial charge in [0.15, 0.2) is 0 Å². The molecular formula is C18H20O4. The molecule has 4 nitrogen and oxygen atoms in total. The second-order valence-corrected chi connectivity index (χ2v) is 5.85. The molecule has 116 valence electrons. The average Bonchev–Trinajstić information content (AvgIpc) is 2.48. The second-order valence-electron chi connectivity index (χ2n) is 5.85. The lowest BCUT2D eigenvalue weighted by Crippen LogP contribution is -2.16. The summed E-state index contributed by atoms with van der Waals surface area (Å²) in [7, 11) is 0. The quantitative estimate of drug-likeness (QED) is 0.494. The van der Waals surface area contributed by atoms with Gasteiger partial charge in [0.05, 0.1) is 0 Å². The van der Waals surface area contributed by atoms with E-state index in [2.05, 4.69) is 6.92 Å². The number of rotatable bonds is 3. The summed E-state index contributed by atoms with van der Waals surface area (Å²) in [6.45, 7) is 3.46. The van der Waals surface area contributed by atoms with Crippen LogP contribution >= 0.6 is 0 Å². The highest BCUT2D eigenvalue weighted by Gasteiger charge is 2.20. The fraction of sp³-hybridized carbons (Fsp3) is 0.444. The summed E-state index contributed by atoms with van der Waals surface area (Å²) in [4.78, 5) is 23.4. The van der Waals surface area contributed by atoms with Crippen molar-refractivity contribution in [1.82, 2.24) is 0 Å². The number of esters is 1. The van der Waals surface area contributed by atoms with Gasteiger partial charge >= 0.3 is 11.6 Å². The molecule has 0 fully saturated rings. The van der Waals surface area contributed by atoms with E-state index in [0.29, 0.717) is 11.3 Å². The number of aryl methyl sites for hydroxylation is 2. The molecule has 0 spiro atoms. The van der Waals surface area contributed by atoms with E-state index < -0.39 is 0 Å². The van der Waals surface area contributed by atoms with Gasteiger partial charge in [-0.05, 0) is 49.3 Å². The van der Waals surface area contributed by atoms with E-state index in [-0.39, 0.29) is 11.6 Å². The largest absolute Gasteiger partial charge is 0.426 e. The molecule has 0 radical (unpaired) electrons. The maximum atomic E-state index is 12.1. The summed E-state index contributed by atoms with van der Waals surface area (Å²) in [6.07, 6.45) is 5.63. The molecule has 0 saturated carbocycles. The van der Waals surface area contributed by atoms with Gasteiger partial charge in [0.25, 0.3) is 0 Å². The Kier molecular flexibility index (Phi) is 4.01. The molecule has 1 aliphatic carbocycles. The zero-order chi connectivity index (χ0) is 15.7. The lowest BCUT2D eigenvalue weighted by molar-refractivity contribution is -0.131. The van der Waals surface area contributed by atoms with Crippen LogP contribution in [-0.4, -0.2) is 5.97 Å². The molecule has 1 aliphatic rings. The van der Waals surface area contributed by atoms with Crippen LogP contribution in [0.2, 0.25) is 0 Å². The topological polar surface area (TPSA) is 56.5 Å². The first-order valence-corrected chi connectivity index (χ1v) is 7.90. The van der Waals surface area contributed by atoms with Crippen LogP contribution in [-0.2, 0) is 24.1 Å². The van der Waals surface area contributed by atoms with Crippen LogP contribution in [0.4, 0.5) is 0 Å². The summed E-state index contributed by atoms with van der Waals surface area (Å²) >= 11 is 0. The molecule has 0 saturated heterocycles. The van der Waals surface area contributed by atoms with Gasteiger partial charge in [0.1, 0.15) is 11.3 Å².